The van der Waals surface area contributed by atoms with E-state index in [0.717, 1.165) is 10.2 Å². The van der Waals surface area contributed by atoms with E-state index < -0.39 is 5.97 Å². The van der Waals surface area contributed by atoms with Crippen molar-refractivity contribution < 1.29 is 19.1 Å². The molecule has 0 unspecified atom stereocenters. The van der Waals surface area contributed by atoms with Crippen molar-refractivity contribution in [2.75, 3.05) is 17.7 Å². The lowest BCUT2D eigenvalue weighted by molar-refractivity contribution is -0.113. The average Bonchev–Trinajstić information content (AvgIpc) is 3.12. The van der Waals surface area contributed by atoms with Gasteiger partial charge in [0.25, 0.3) is 0 Å². The summed E-state index contributed by atoms with van der Waals surface area (Å²) in [6.45, 7) is 2.33. The molecule has 0 atom stereocenters. The van der Waals surface area contributed by atoms with E-state index in [-0.39, 0.29) is 18.3 Å². The fraction of sp³-hybridized carbons (Fsp3) is 0.238. The van der Waals surface area contributed by atoms with Gasteiger partial charge in [0.2, 0.25) is 5.91 Å². The lowest BCUT2D eigenvalue weighted by Gasteiger charge is -2.07. The number of carbonyl (C=O) groups excluding carboxylic acids is 2. The smallest absolute Gasteiger partial charge is 0.338 e. The van der Waals surface area contributed by atoms with Crippen LogP contribution >= 0.6 is 27.7 Å². The van der Waals surface area contributed by atoms with Crippen LogP contribution in [0.3, 0.4) is 0 Å². The Balaban J connectivity index is 1.49. The molecular weight excluding hydrogens is 484 g/mol. The van der Waals surface area contributed by atoms with Crippen LogP contribution in [-0.2, 0) is 23.2 Å². The predicted octanol–water partition coefficient (Wildman–Crippen LogP) is 4.06. The molecule has 0 spiro atoms. The highest BCUT2D eigenvalue weighted by molar-refractivity contribution is 9.10. The van der Waals surface area contributed by atoms with Crippen molar-refractivity contribution in [2.45, 2.75) is 18.7 Å². The maximum absolute atomic E-state index is 12.3. The van der Waals surface area contributed by atoms with E-state index in [1.54, 1.807) is 35.8 Å². The number of esters is 1. The fourth-order valence-electron chi connectivity index (χ4n) is 2.51. The zero-order chi connectivity index (χ0) is 22.2. The highest BCUT2D eigenvalue weighted by atomic mass is 79.9. The van der Waals surface area contributed by atoms with Gasteiger partial charge in [-0.25, -0.2) is 4.79 Å². The molecule has 0 radical (unpaired) electrons. The molecule has 31 heavy (non-hydrogen) atoms. The van der Waals surface area contributed by atoms with E-state index in [1.807, 2.05) is 31.3 Å². The summed E-state index contributed by atoms with van der Waals surface area (Å²) in [5.41, 5.74) is 1.03. The number of nitrogens with zero attached hydrogens (tertiary/aromatic N) is 3. The van der Waals surface area contributed by atoms with Crippen molar-refractivity contribution in [3.8, 4) is 5.75 Å². The number of benzene rings is 2. The van der Waals surface area contributed by atoms with Crippen molar-refractivity contribution in [1.82, 2.24) is 14.8 Å². The fourth-order valence-corrected chi connectivity index (χ4v) is 3.50. The largest absolute Gasteiger partial charge is 0.486 e. The van der Waals surface area contributed by atoms with E-state index in [9.17, 15) is 9.59 Å². The molecule has 162 valence electrons. The molecular formula is C21H21BrN4O4S. The molecule has 0 aliphatic rings. The first-order chi connectivity index (χ1) is 15.0. The van der Waals surface area contributed by atoms with Crippen LogP contribution in [0.2, 0.25) is 0 Å². The van der Waals surface area contributed by atoms with Crippen molar-refractivity contribution >= 4 is 45.3 Å². The standard InChI is InChI=1S/C21H21BrN4O4S/c1-3-29-20(28)14-4-8-16(9-5-14)23-19(27)13-31-21-25-24-18(26(21)2)12-30-17-10-6-15(22)7-11-17/h4-11H,3,12-13H2,1-2H3,(H,23,27). The topological polar surface area (TPSA) is 95.3 Å². The van der Waals surface area contributed by atoms with Crippen LogP contribution in [0.1, 0.15) is 23.1 Å². The molecule has 8 nitrogen and oxygen atoms in total. The Morgan fingerprint density at radius 2 is 1.81 bits per heavy atom. The zero-order valence-corrected chi connectivity index (χ0v) is 19.4. The number of halogens is 1. The quantitative estimate of drug-likeness (QED) is 0.346. The summed E-state index contributed by atoms with van der Waals surface area (Å²) in [5, 5.41) is 11.7. The lowest BCUT2D eigenvalue weighted by atomic mass is 10.2. The van der Waals surface area contributed by atoms with Gasteiger partial charge in [-0.3, -0.25) is 4.79 Å². The van der Waals surface area contributed by atoms with Gasteiger partial charge < -0.3 is 19.4 Å². The van der Waals surface area contributed by atoms with Crippen LogP contribution in [0, 0.1) is 0 Å². The van der Waals surface area contributed by atoms with E-state index in [0.29, 0.717) is 28.8 Å². The second kappa shape index (κ2) is 11.0. The van der Waals surface area contributed by atoms with Gasteiger partial charge in [-0.05, 0) is 55.5 Å². The second-order valence-corrected chi connectivity index (χ2v) is 8.19. The summed E-state index contributed by atoms with van der Waals surface area (Å²) in [6.07, 6.45) is 0. The highest BCUT2D eigenvalue weighted by Crippen LogP contribution is 2.20. The minimum atomic E-state index is -0.391. The zero-order valence-electron chi connectivity index (χ0n) is 17.0. The Morgan fingerprint density at radius 1 is 1.10 bits per heavy atom. The third-order valence-electron chi connectivity index (χ3n) is 4.12. The Labute approximate surface area is 192 Å². The molecule has 1 N–H and O–H groups in total. The number of aromatic nitrogens is 3. The number of nitrogens with one attached hydrogen (secondary N) is 1. The van der Waals surface area contributed by atoms with Gasteiger partial charge in [0, 0.05) is 17.2 Å². The Kier molecular flexibility index (Phi) is 8.07. The van der Waals surface area contributed by atoms with Gasteiger partial charge in [-0.2, -0.15) is 0 Å². The van der Waals surface area contributed by atoms with Crippen LogP contribution < -0.4 is 10.1 Å². The molecule has 3 rings (SSSR count). The normalized spacial score (nSPS) is 10.5. The van der Waals surface area contributed by atoms with Gasteiger partial charge in [0.15, 0.2) is 11.0 Å². The molecule has 1 aromatic heterocycles. The van der Waals surface area contributed by atoms with Crippen molar-refractivity contribution in [3.63, 3.8) is 0 Å². The Bertz CT molecular complexity index is 1040. The summed E-state index contributed by atoms with van der Waals surface area (Å²) < 4.78 is 13.4. The maximum atomic E-state index is 12.3. The minimum Gasteiger partial charge on any atom is -0.486 e. The van der Waals surface area contributed by atoms with Crippen LogP contribution in [0.15, 0.2) is 58.2 Å². The molecule has 10 heteroatoms. The van der Waals surface area contributed by atoms with Crippen LogP contribution in [-0.4, -0.2) is 39.0 Å². The van der Waals surface area contributed by atoms with E-state index in [2.05, 4.69) is 31.4 Å². The number of ether oxygens (including phenoxy) is 2. The van der Waals surface area contributed by atoms with Gasteiger partial charge in [-0.15, -0.1) is 10.2 Å². The molecule has 0 fully saturated rings. The van der Waals surface area contributed by atoms with Crippen molar-refractivity contribution in [2.24, 2.45) is 7.05 Å². The van der Waals surface area contributed by atoms with Gasteiger partial charge >= 0.3 is 5.97 Å². The number of amides is 1. The monoisotopic (exact) mass is 504 g/mol. The first kappa shape index (κ1) is 22.8. The van der Waals surface area contributed by atoms with E-state index in [4.69, 9.17) is 9.47 Å². The van der Waals surface area contributed by atoms with Crippen molar-refractivity contribution in [3.05, 3.63) is 64.4 Å². The van der Waals surface area contributed by atoms with Gasteiger partial charge in [0.05, 0.1) is 17.9 Å². The molecule has 0 saturated heterocycles. The number of anilines is 1. The maximum Gasteiger partial charge on any atom is 0.338 e. The number of hydrogen-bond acceptors (Lipinski definition) is 7. The van der Waals surface area contributed by atoms with Crippen molar-refractivity contribution in [1.29, 1.82) is 0 Å². The second-order valence-electron chi connectivity index (χ2n) is 6.34. The number of thioether (sulfide) groups is 1. The van der Waals surface area contributed by atoms with E-state index >= 15 is 0 Å². The molecule has 1 amide bonds. The number of rotatable bonds is 9. The average molecular weight is 505 g/mol. The molecule has 0 aliphatic heterocycles. The SMILES string of the molecule is CCOC(=O)c1ccc(NC(=O)CSc2nnc(COc3ccc(Br)cc3)n2C)cc1. The molecule has 3 aromatic rings. The predicted molar refractivity (Wildman–Crippen MR) is 121 cm³/mol. The summed E-state index contributed by atoms with van der Waals surface area (Å²) in [5.74, 6) is 0.968. The minimum absolute atomic E-state index is 0.166. The van der Waals surface area contributed by atoms with E-state index in [1.165, 1.54) is 11.8 Å². The number of hydrogen-bond donors (Lipinski definition) is 1. The number of carbonyl (C=O) groups is 2. The summed E-state index contributed by atoms with van der Waals surface area (Å²) >= 11 is 4.66. The van der Waals surface area contributed by atoms with Crippen LogP contribution in [0.5, 0.6) is 5.75 Å². The Hall–Kier alpha value is -2.85. The first-order valence-corrected chi connectivity index (χ1v) is 11.2. The summed E-state index contributed by atoms with van der Waals surface area (Å²) in [4.78, 5) is 23.9. The summed E-state index contributed by atoms with van der Waals surface area (Å²) in [6, 6.07) is 14.1. The molecule has 0 aliphatic carbocycles. The van der Waals surface area contributed by atoms with Crippen LogP contribution in [0.25, 0.3) is 0 Å². The molecule has 0 bridgehead atoms. The van der Waals surface area contributed by atoms with Gasteiger partial charge in [-0.1, -0.05) is 27.7 Å². The third kappa shape index (κ3) is 6.56. The Morgan fingerprint density at radius 3 is 2.48 bits per heavy atom. The third-order valence-corrected chi connectivity index (χ3v) is 5.67. The molecule has 1 heterocycles. The first-order valence-electron chi connectivity index (χ1n) is 9.42. The molecule has 0 saturated carbocycles. The van der Waals surface area contributed by atoms with Gasteiger partial charge in [0.1, 0.15) is 12.4 Å². The summed E-state index contributed by atoms with van der Waals surface area (Å²) in [7, 11) is 1.83. The lowest BCUT2D eigenvalue weighted by Crippen LogP contribution is -2.15. The highest BCUT2D eigenvalue weighted by Gasteiger charge is 2.13. The van der Waals surface area contributed by atoms with Crippen LogP contribution in [0.4, 0.5) is 5.69 Å². The molecule has 2 aromatic carbocycles.